The number of hydrogen-bond acceptors (Lipinski definition) is 1. The second-order valence-electron chi connectivity index (χ2n) is 2.30. The molecule has 1 unspecified atom stereocenters. The van der Waals surface area contributed by atoms with Crippen LogP contribution in [0, 0.1) is 0 Å². The molecular weight excluding hydrogens is 100 g/mol. The van der Waals surface area contributed by atoms with Crippen LogP contribution in [-0.4, -0.2) is 11.5 Å². The Balaban J connectivity index is 2.59. The largest absolute Gasteiger partial charge is 0.320 e. The van der Waals surface area contributed by atoms with Crippen LogP contribution in [0.25, 0.3) is 0 Å². The van der Waals surface area contributed by atoms with Gasteiger partial charge in [-0.2, -0.15) is 0 Å². The second-order valence-corrected chi connectivity index (χ2v) is 2.30. The standard InChI is InChI=1S/C4H7F2N/c1-3(7)2-4(3,5)6/h2,7H2,1H3. The average molecular weight is 107 g/mol. The molecule has 0 radical (unpaired) electrons. The van der Waals surface area contributed by atoms with Crippen LogP contribution in [0.5, 0.6) is 0 Å². The Morgan fingerprint density at radius 2 is 1.71 bits per heavy atom. The van der Waals surface area contributed by atoms with Crippen LogP contribution in [0.1, 0.15) is 13.3 Å². The first-order chi connectivity index (χ1) is 2.96. The first kappa shape index (κ1) is 4.97. The zero-order valence-electron chi connectivity index (χ0n) is 4.04. The van der Waals surface area contributed by atoms with E-state index in [0.717, 1.165) is 0 Å². The summed E-state index contributed by atoms with van der Waals surface area (Å²) in [7, 11) is 0. The predicted molar refractivity (Wildman–Crippen MR) is 22.2 cm³/mol. The summed E-state index contributed by atoms with van der Waals surface area (Å²) in [5.74, 6) is -2.58. The van der Waals surface area contributed by atoms with Gasteiger partial charge in [0.15, 0.2) is 0 Å². The van der Waals surface area contributed by atoms with Crippen LogP contribution in [0.2, 0.25) is 0 Å². The van der Waals surface area contributed by atoms with E-state index >= 15 is 0 Å². The molecule has 1 saturated carbocycles. The molecule has 0 aromatic rings. The van der Waals surface area contributed by atoms with Crippen molar-refractivity contribution in [1.29, 1.82) is 0 Å². The Hall–Kier alpha value is -0.180. The molecule has 0 amide bonds. The van der Waals surface area contributed by atoms with Crippen LogP contribution < -0.4 is 5.73 Å². The number of alkyl halides is 2. The molecule has 1 rings (SSSR count). The van der Waals surface area contributed by atoms with Gasteiger partial charge in [-0.3, -0.25) is 0 Å². The van der Waals surface area contributed by atoms with E-state index in [9.17, 15) is 8.78 Å². The molecular formula is C4H7F2N. The summed E-state index contributed by atoms with van der Waals surface area (Å²) in [6.07, 6.45) is -0.153. The predicted octanol–water partition coefficient (Wildman–Crippen LogP) is 0.743. The first-order valence-corrected chi connectivity index (χ1v) is 2.12. The van der Waals surface area contributed by atoms with Crippen molar-refractivity contribution in [2.75, 3.05) is 0 Å². The summed E-state index contributed by atoms with van der Waals surface area (Å²) in [5, 5.41) is 0. The summed E-state index contributed by atoms with van der Waals surface area (Å²) >= 11 is 0. The van der Waals surface area contributed by atoms with Crippen LogP contribution in [0.15, 0.2) is 0 Å². The smallest absolute Gasteiger partial charge is 0.267 e. The maximum Gasteiger partial charge on any atom is 0.267 e. The maximum absolute atomic E-state index is 11.8. The lowest BCUT2D eigenvalue weighted by Gasteiger charge is -1.96. The molecule has 1 atom stereocenters. The molecule has 0 saturated heterocycles. The van der Waals surface area contributed by atoms with Crippen molar-refractivity contribution in [1.82, 2.24) is 0 Å². The van der Waals surface area contributed by atoms with Gasteiger partial charge in [-0.25, -0.2) is 8.78 Å². The molecule has 1 aliphatic rings. The Bertz CT molecular complexity index is 85.9. The van der Waals surface area contributed by atoms with Crippen LogP contribution in [0.3, 0.4) is 0 Å². The van der Waals surface area contributed by atoms with Gasteiger partial charge in [0.1, 0.15) is 0 Å². The van der Waals surface area contributed by atoms with Gasteiger partial charge >= 0.3 is 0 Å². The molecule has 0 aromatic carbocycles. The molecule has 0 aromatic heterocycles. The van der Waals surface area contributed by atoms with Gasteiger partial charge in [0, 0.05) is 6.42 Å². The summed E-state index contributed by atoms with van der Waals surface area (Å²) in [6.45, 7) is 1.35. The highest BCUT2D eigenvalue weighted by Gasteiger charge is 2.65. The van der Waals surface area contributed by atoms with Gasteiger partial charge in [-0.15, -0.1) is 0 Å². The summed E-state index contributed by atoms with van der Waals surface area (Å²) in [6, 6.07) is 0. The fourth-order valence-electron chi connectivity index (χ4n) is 0.417. The zero-order valence-corrected chi connectivity index (χ0v) is 4.04. The van der Waals surface area contributed by atoms with E-state index in [2.05, 4.69) is 0 Å². The topological polar surface area (TPSA) is 26.0 Å². The monoisotopic (exact) mass is 107 g/mol. The highest BCUT2D eigenvalue weighted by Crippen LogP contribution is 2.49. The fraction of sp³-hybridized carbons (Fsp3) is 1.00. The van der Waals surface area contributed by atoms with Gasteiger partial charge in [0.2, 0.25) is 0 Å². The molecule has 42 valence electrons. The molecule has 0 spiro atoms. The number of rotatable bonds is 0. The summed E-state index contributed by atoms with van der Waals surface area (Å²) in [5.41, 5.74) is 3.81. The third kappa shape index (κ3) is 0.517. The average Bonchev–Trinajstić information content (AvgIpc) is 1.63. The lowest BCUT2D eigenvalue weighted by Crippen LogP contribution is -2.24. The van der Waals surface area contributed by atoms with E-state index in [1.54, 1.807) is 0 Å². The molecule has 0 aliphatic heterocycles. The van der Waals surface area contributed by atoms with Crippen LogP contribution >= 0.6 is 0 Å². The van der Waals surface area contributed by atoms with E-state index in [4.69, 9.17) is 5.73 Å². The van der Waals surface area contributed by atoms with Crippen molar-refractivity contribution < 1.29 is 8.78 Å². The van der Waals surface area contributed by atoms with E-state index in [-0.39, 0.29) is 6.42 Å². The maximum atomic E-state index is 11.8. The Morgan fingerprint density at radius 3 is 1.71 bits per heavy atom. The Labute approximate surface area is 40.5 Å². The lowest BCUT2D eigenvalue weighted by molar-refractivity contribution is 0.0937. The van der Waals surface area contributed by atoms with Crippen molar-refractivity contribution in [3.05, 3.63) is 0 Å². The Morgan fingerprint density at radius 1 is 1.57 bits per heavy atom. The van der Waals surface area contributed by atoms with Crippen molar-refractivity contribution in [2.45, 2.75) is 24.8 Å². The minimum absolute atomic E-state index is 0.153. The molecule has 1 fully saturated rings. The first-order valence-electron chi connectivity index (χ1n) is 2.12. The molecule has 3 heteroatoms. The quantitative estimate of drug-likeness (QED) is 0.485. The molecule has 1 nitrogen and oxygen atoms in total. The molecule has 7 heavy (non-hydrogen) atoms. The zero-order chi connectivity index (χ0) is 5.71. The lowest BCUT2D eigenvalue weighted by atomic mass is 10.3. The van der Waals surface area contributed by atoms with Gasteiger partial charge in [-0.1, -0.05) is 0 Å². The van der Waals surface area contributed by atoms with Crippen molar-refractivity contribution in [3.63, 3.8) is 0 Å². The highest BCUT2D eigenvalue weighted by molar-refractivity contribution is 5.12. The summed E-state index contributed by atoms with van der Waals surface area (Å²) < 4.78 is 23.6. The number of halogens is 2. The minimum atomic E-state index is -2.58. The van der Waals surface area contributed by atoms with Crippen LogP contribution in [-0.2, 0) is 0 Å². The second kappa shape index (κ2) is 0.823. The van der Waals surface area contributed by atoms with Gasteiger partial charge in [0.25, 0.3) is 5.92 Å². The van der Waals surface area contributed by atoms with Gasteiger partial charge in [0.05, 0.1) is 5.54 Å². The van der Waals surface area contributed by atoms with E-state index in [0.29, 0.717) is 0 Å². The van der Waals surface area contributed by atoms with E-state index < -0.39 is 11.5 Å². The normalized spacial score (nSPS) is 46.3. The Kier molecular flexibility index (Phi) is 0.584. The third-order valence-electron chi connectivity index (χ3n) is 1.30. The van der Waals surface area contributed by atoms with Crippen LogP contribution in [0.4, 0.5) is 8.78 Å². The fourth-order valence-corrected chi connectivity index (χ4v) is 0.417. The number of nitrogens with two attached hydrogens (primary N) is 1. The summed E-state index contributed by atoms with van der Waals surface area (Å²) in [4.78, 5) is 0. The SMILES string of the molecule is CC1(N)CC1(F)F. The van der Waals surface area contributed by atoms with Crippen molar-refractivity contribution in [2.24, 2.45) is 5.73 Å². The van der Waals surface area contributed by atoms with Crippen molar-refractivity contribution >= 4 is 0 Å². The third-order valence-corrected chi connectivity index (χ3v) is 1.30. The van der Waals surface area contributed by atoms with Crippen molar-refractivity contribution in [3.8, 4) is 0 Å². The van der Waals surface area contributed by atoms with E-state index in [1.807, 2.05) is 0 Å². The molecule has 1 aliphatic carbocycles. The molecule has 0 bridgehead atoms. The number of hydrogen-bond donors (Lipinski definition) is 1. The van der Waals surface area contributed by atoms with E-state index in [1.165, 1.54) is 6.92 Å². The van der Waals surface area contributed by atoms with Gasteiger partial charge < -0.3 is 5.73 Å². The molecule has 0 heterocycles. The molecule has 2 N–H and O–H groups in total. The van der Waals surface area contributed by atoms with Gasteiger partial charge in [-0.05, 0) is 6.92 Å². The minimum Gasteiger partial charge on any atom is -0.320 e. The highest BCUT2D eigenvalue weighted by atomic mass is 19.3.